The number of hydrogen-bond acceptors (Lipinski definition) is 4. The summed E-state index contributed by atoms with van der Waals surface area (Å²) in [5.41, 5.74) is 7.25. The van der Waals surface area contributed by atoms with Gasteiger partial charge in [-0.05, 0) is 18.1 Å². The summed E-state index contributed by atoms with van der Waals surface area (Å²) < 4.78 is 16.3. The molecule has 0 bridgehead atoms. The van der Waals surface area contributed by atoms with Gasteiger partial charge in [0.2, 0.25) is 0 Å². The van der Waals surface area contributed by atoms with Gasteiger partial charge in [-0.3, -0.25) is 0 Å². The van der Waals surface area contributed by atoms with Crippen LogP contribution in [0.3, 0.4) is 0 Å². The van der Waals surface area contributed by atoms with E-state index in [9.17, 15) is 0 Å². The largest absolute Gasteiger partial charge is 0.496 e. The molecule has 2 N–H and O–H groups in total. The number of methoxy groups -OCH3 is 1. The van der Waals surface area contributed by atoms with E-state index in [1.165, 1.54) is 0 Å². The molecule has 1 aromatic carbocycles. The molecule has 0 aliphatic carbocycles. The average Bonchev–Trinajstić information content (AvgIpc) is 2.40. The second kappa shape index (κ2) is 6.00. The van der Waals surface area contributed by atoms with Crippen LogP contribution in [0.1, 0.15) is 5.56 Å². The highest BCUT2D eigenvalue weighted by Crippen LogP contribution is 2.20. The first-order valence-corrected chi connectivity index (χ1v) is 5.88. The Morgan fingerprint density at radius 1 is 1.41 bits per heavy atom. The van der Waals surface area contributed by atoms with Crippen molar-refractivity contribution in [1.29, 1.82) is 0 Å². The lowest BCUT2D eigenvalue weighted by atomic mass is 10.0. The Kier molecular flexibility index (Phi) is 4.36. The molecule has 1 aliphatic heterocycles. The van der Waals surface area contributed by atoms with Gasteiger partial charge in [0.25, 0.3) is 0 Å². The maximum atomic E-state index is 6.14. The maximum absolute atomic E-state index is 6.14. The van der Waals surface area contributed by atoms with Crippen molar-refractivity contribution in [2.24, 2.45) is 5.73 Å². The fourth-order valence-electron chi connectivity index (χ4n) is 2.01. The summed E-state index contributed by atoms with van der Waals surface area (Å²) in [5, 5.41) is 0. The van der Waals surface area contributed by atoms with Crippen molar-refractivity contribution in [1.82, 2.24) is 0 Å². The van der Waals surface area contributed by atoms with Crippen LogP contribution < -0.4 is 10.5 Å². The van der Waals surface area contributed by atoms with E-state index in [1.807, 2.05) is 24.3 Å². The third-order valence-corrected chi connectivity index (χ3v) is 2.97. The van der Waals surface area contributed by atoms with E-state index < -0.39 is 0 Å². The first-order valence-electron chi connectivity index (χ1n) is 5.88. The monoisotopic (exact) mass is 237 g/mol. The maximum Gasteiger partial charge on any atom is 0.122 e. The van der Waals surface area contributed by atoms with E-state index >= 15 is 0 Å². The second-order valence-corrected chi connectivity index (χ2v) is 4.16. The predicted octanol–water partition coefficient (Wildman–Crippen LogP) is 0.980. The lowest BCUT2D eigenvalue weighted by Gasteiger charge is -2.28. The number of nitrogens with two attached hydrogens (primary N) is 1. The Balaban J connectivity index is 1.99. The summed E-state index contributed by atoms with van der Waals surface area (Å²) in [6.07, 6.45) is 0.714. The zero-order valence-electron chi connectivity index (χ0n) is 10.1. The normalized spacial score (nSPS) is 22.1. The van der Waals surface area contributed by atoms with Crippen LogP contribution in [0.25, 0.3) is 0 Å². The number of rotatable bonds is 4. The van der Waals surface area contributed by atoms with Crippen molar-refractivity contribution >= 4 is 0 Å². The molecule has 0 amide bonds. The predicted molar refractivity (Wildman–Crippen MR) is 65.2 cm³/mol. The third-order valence-electron chi connectivity index (χ3n) is 2.97. The van der Waals surface area contributed by atoms with Gasteiger partial charge in [-0.15, -0.1) is 0 Å². The van der Waals surface area contributed by atoms with E-state index in [1.54, 1.807) is 7.11 Å². The van der Waals surface area contributed by atoms with Gasteiger partial charge in [-0.25, -0.2) is 0 Å². The van der Waals surface area contributed by atoms with Crippen molar-refractivity contribution in [2.45, 2.75) is 18.6 Å². The Bertz CT molecular complexity index is 350. The molecular weight excluding hydrogens is 218 g/mol. The molecule has 94 valence electrons. The highest BCUT2D eigenvalue weighted by molar-refractivity contribution is 5.33. The zero-order valence-corrected chi connectivity index (χ0v) is 10.1. The molecule has 1 fully saturated rings. The van der Waals surface area contributed by atoms with Crippen LogP contribution in [0.5, 0.6) is 5.75 Å². The fourth-order valence-corrected chi connectivity index (χ4v) is 2.01. The minimum absolute atomic E-state index is 0.0198. The van der Waals surface area contributed by atoms with Crippen LogP contribution in [-0.4, -0.2) is 39.1 Å². The van der Waals surface area contributed by atoms with Gasteiger partial charge in [0.1, 0.15) is 5.75 Å². The van der Waals surface area contributed by atoms with Crippen molar-refractivity contribution in [3.63, 3.8) is 0 Å². The molecule has 0 radical (unpaired) electrons. The average molecular weight is 237 g/mol. The Morgan fingerprint density at radius 3 is 2.94 bits per heavy atom. The van der Waals surface area contributed by atoms with Crippen LogP contribution in [0.15, 0.2) is 24.3 Å². The molecule has 0 saturated carbocycles. The van der Waals surface area contributed by atoms with Crippen molar-refractivity contribution in [3.05, 3.63) is 29.8 Å². The Labute approximate surface area is 102 Å². The third kappa shape index (κ3) is 3.19. The standard InChI is InChI=1S/C13H19NO3/c1-15-12-5-3-2-4-10(12)8-11(14)13-9-16-6-7-17-13/h2-5,11,13H,6-9,14H2,1H3. The second-order valence-electron chi connectivity index (χ2n) is 4.16. The lowest BCUT2D eigenvalue weighted by molar-refractivity contribution is -0.0967. The topological polar surface area (TPSA) is 53.7 Å². The molecule has 4 nitrogen and oxygen atoms in total. The van der Waals surface area contributed by atoms with Gasteiger partial charge >= 0.3 is 0 Å². The first-order chi connectivity index (χ1) is 8.31. The van der Waals surface area contributed by atoms with Crippen LogP contribution in [-0.2, 0) is 15.9 Å². The van der Waals surface area contributed by atoms with Crippen molar-refractivity contribution in [2.75, 3.05) is 26.9 Å². The Hall–Kier alpha value is -1.10. The molecule has 2 unspecified atom stereocenters. The minimum atomic E-state index is -0.0633. The van der Waals surface area contributed by atoms with E-state index in [0.29, 0.717) is 19.8 Å². The van der Waals surface area contributed by atoms with Gasteiger partial charge in [-0.1, -0.05) is 18.2 Å². The number of para-hydroxylation sites is 1. The molecule has 2 atom stereocenters. The lowest BCUT2D eigenvalue weighted by Crippen LogP contribution is -2.44. The molecule has 2 rings (SSSR count). The highest BCUT2D eigenvalue weighted by atomic mass is 16.6. The molecule has 0 spiro atoms. The molecule has 17 heavy (non-hydrogen) atoms. The number of ether oxygens (including phenoxy) is 3. The van der Waals surface area contributed by atoms with Crippen LogP contribution in [0.2, 0.25) is 0 Å². The first kappa shape index (κ1) is 12.4. The minimum Gasteiger partial charge on any atom is -0.496 e. The number of hydrogen-bond donors (Lipinski definition) is 1. The van der Waals surface area contributed by atoms with E-state index in [4.69, 9.17) is 19.9 Å². The molecule has 0 aromatic heterocycles. The van der Waals surface area contributed by atoms with E-state index in [2.05, 4.69) is 0 Å². The number of benzene rings is 1. The van der Waals surface area contributed by atoms with Crippen LogP contribution >= 0.6 is 0 Å². The van der Waals surface area contributed by atoms with Gasteiger partial charge in [-0.2, -0.15) is 0 Å². The van der Waals surface area contributed by atoms with Crippen molar-refractivity contribution < 1.29 is 14.2 Å². The molecular formula is C13H19NO3. The molecule has 1 aliphatic rings. The summed E-state index contributed by atoms with van der Waals surface area (Å²) in [4.78, 5) is 0. The zero-order chi connectivity index (χ0) is 12.1. The van der Waals surface area contributed by atoms with Crippen molar-refractivity contribution in [3.8, 4) is 5.75 Å². The summed E-state index contributed by atoms with van der Waals surface area (Å²) >= 11 is 0. The summed E-state index contributed by atoms with van der Waals surface area (Å²) in [5.74, 6) is 0.875. The van der Waals surface area contributed by atoms with Gasteiger partial charge in [0.15, 0.2) is 0 Å². The molecule has 4 heteroatoms. The van der Waals surface area contributed by atoms with E-state index in [0.717, 1.165) is 17.7 Å². The quantitative estimate of drug-likeness (QED) is 0.848. The summed E-state index contributed by atoms with van der Waals surface area (Å²) in [6.45, 7) is 1.87. The molecule has 1 aromatic rings. The van der Waals surface area contributed by atoms with Crippen LogP contribution in [0.4, 0.5) is 0 Å². The fraction of sp³-hybridized carbons (Fsp3) is 0.538. The van der Waals surface area contributed by atoms with Gasteiger partial charge in [0.05, 0.1) is 33.0 Å². The van der Waals surface area contributed by atoms with Gasteiger partial charge < -0.3 is 19.9 Å². The van der Waals surface area contributed by atoms with E-state index in [-0.39, 0.29) is 12.1 Å². The molecule has 1 heterocycles. The molecule has 1 saturated heterocycles. The van der Waals surface area contributed by atoms with Crippen LogP contribution in [0, 0.1) is 0 Å². The Morgan fingerprint density at radius 2 is 2.24 bits per heavy atom. The SMILES string of the molecule is COc1ccccc1CC(N)C1COCCO1. The summed E-state index contributed by atoms with van der Waals surface area (Å²) in [7, 11) is 1.67. The smallest absolute Gasteiger partial charge is 0.122 e. The summed E-state index contributed by atoms with van der Waals surface area (Å²) in [6, 6.07) is 7.85. The van der Waals surface area contributed by atoms with Gasteiger partial charge in [0, 0.05) is 6.04 Å². The highest BCUT2D eigenvalue weighted by Gasteiger charge is 2.22.